The number of primary amides is 1. The quantitative estimate of drug-likeness (QED) is 0.472. The van der Waals surface area contributed by atoms with E-state index in [1.165, 1.54) is 0 Å². The van der Waals surface area contributed by atoms with Gasteiger partial charge in [-0.05, 0) is 36.6 Å². The van der Waals surface area contributed by atoms with Crippen LogP contribution in [0.5, 0.6) is 0 Å². The third-order valence-electron chi connectivity index (χ3n) is 6.22. The van der Waals surface area contributed by atoms with Crippen LogP contribution in [0.4, 0.5) is 13.2 Å². The fourth-order valence-electron chi connectivity index (χ4n) is 4.58. The summed E-state index contributed by atoms with van der Waals surface area (Å²) < 4.78 is 39.1. The normalized spacial score (nSPS) is 19.4. The van der Waals surface area contributed by atoms with Crippen molar-refractivity contribution in [3.8, 4) is 0 Å². The molecule has 1 unspecified atom stereocenters. The molecule has 1 aromatic heterocycles. The molecule has 2 amide bonds. The molecule has 10 heteroatoms. The van der Waals surface area contributed by atoms with Crippen LogP contribution in [0.1, 0.15) is 30.4 Å². The van der Waals surface area contributed by atoms with Gasteiger partial charge in [0.15, 0.2) is 0 Å². The van der Waals surface area contributed by atoms with Crippen LogP contribution in [-0.4, -0.2) is 71.0 Å². The molecule has 1 aliphatic heterocycles. The number of halogens is 3. The van der Waals surface area contributed by atoms with E-state index in [-0.39, 0.29) is 19.4 Å². The van der Waals surface area contributed by atoms with Crippen LogP contribution in [-0.2, 0) is 22.6 Å². The molecule has 0 saturated carbocycles. The highest BCUT2D eigenvalue weighted by Crippen LogP contribution is 2.29. The molecule has 2 aromatic rings. The summed E-state index contributed by atoms with van der Waals surface area (Å²) in [5, 5.41) is 2.16. The predicted molar refractivity (Wildman–Crippen MR) is 126 cm³/mol. The Hall–Kier alpha value is -2.98. The van der Waals surface area contributed by atoms with Crippen molar-refractivity contribution >= 4 is 11.8 Å². The van der Waals surface area contributed by atoms with Gasteiger partial charge in [0.25, 0.3) is 0 Å². The fraction of sp³-hybridized carbons (Fsp3) is 0.480. The van der Waals surface area contributed by atoms with E-state index >= 15 is 0 Å². The highest BCUT2D eigenvalue weighted by molar-refractivity contribution is 5.87. The van der Waals surface area contributed by atoms with Gasteiger partial charge < -0.3 is 11.1 Å². The van der Waals surface area contributed by atoms with Gasteiger partial charge in [-0.1, -0.05) is 36.4 Å². The van der Waals surface area contributed by atoms with Gasteiger partial charge in [0.1, 0.15) is 12.1 Å². The van der Waals surface area contributed by atoms with Crippen LogP contribution >= 0.6 is 0 Å². The maximum atomic E-state index is 13.6. The zero-order valence-corrected chi connectivity index (χ0v) is 19.6. The minimum atomic E-state index is -4.51. The van der Waals surface area contributed by atoms with Crippen molar-refractivity contribution in [2.45, 2.75) is 43.9 Å². The number of benzene rings is 1. The first-order chi connectivity index (χ1) is 16.7. The van der Waals surface area contributed by atoms with Gasteiger partial charge in [-0.25, -0.2) is 0 Å². The lowest BCUT2D eigenvalue weighted by molar-refractivity contribution is -0.150. The molecule has 1 aromatic carbocycles. The van der Waals surface area contributed by atoms with Gasteiger partial charge in [-0.3, -0.25) is 24.4 Å². The number of pyridine rings is 1. The Balaban J connectivity index is 1.89. The average Bonchev–Trinajstić information content (AvgIpc) is 2.82. The number of alkyl halides is 3. The molecule has 1 saturated heterocycles. The molecular formula is C25H32F3N5O2. The number of amides is 2. The second-order valence-corrected chi connectivity index (χ2v) is 8.97. The van der Waals surface area contributed by atoms with Crippen LogP contribution in [0.3, 0.4) is 0 Å². The Labute approximate surface area is 203 Å². The molecular weight excluding hydrogens is 459 g/mol. The van der Waals surface area contributed by atoms with E-state index in [0.29, 0.717) is 39.0 Å². The lowest BCUT2D eigenvalue weighted by Crippen LogP contribution is -2.70. The van der Waals surface area contributed by atoms with Crippen molar-refractivity contribution in [2.75, 3.05) is 32.7 Å². The number of piperazine rings is 1. The summed E-state index contributed by atoms with van der Waals surface area (Å²) in [7, 11) is 0. The average molecular weight is 492 g/mol. The Bertz CT molecular complexity index is 959. The van der Waals surface area contributed by atoms with Crippen LogP contribution < -0.4 is 11.1 Å². The van der Waals surface area contributed by atoms with Crippen molar-refractivity contribution in [3.63, 3.8) is 0 Å². The number of unbranched alkanes of at least 4 members (excludes halogenated alkanes) is 1. The first-order valence-electron chi connectivity index (χ1n) is 11.7. The summed E-state index contributed by atoms with van der Waals surface area (Å²) in [5.41, 5.74) is 5.87. The van der Waals surface area contributed by atoms with Crippen molar-refractivity contribution in [3.05, 3.63) is 66.0 Å². The summed E-state index contributed by atoms with van der Waals surface area (Å²) in [6, 6.07) is 13.1. The van der Waals surface area contributed by atoms with Crippen molar-refractivity contribution < 1.29 is 22.8 Å². The van der Waals surface area contributed by atoms with E-state index < -0.39 is 30.1 Å². The molecule has 1 atom stereocenters. The second kappa shape index (κ2) is 12.1. The van der Waals surface area contributed by atoms with Crippen LogP contribution in [0.25, 0.3) is 0 Å². The number of nitrogens with two attached hydrogens (primary N) is 1. The Morgan fingerprint density at radius 1 is 1.06 bits per heavy atom. The molecule has 3 rings (SSSR count). The zero-order chi connectivity index (χ0) is 25.3. The van der Waals surface area contributed by atoms with Gasteiger partial charge in [0, 0.05) is 51.4 Å². The van der Waals surface area contributed by atoms with Crippen molar-refractivity contribution in [2.24, 2.45) is 5.73 Å². The zero-order valence-electron chi connectivity index (χ0n) is 19.6. The number of carbonyl (C=O) groups is 2. The number of hydrogen-bond acceptors (Lipinski definition) is 5. The van der Waals surface area contributed by atoms with Crippen LogP contribution in [0.2, 0.25) is 0 Å². The molecule has 0 bridgehead atoms. The maximum absolute atomic E-state index is 13.6. The third-order valence-corrected chi connectivity index (χ3v) is 6.22. The SMILES string of the molecule is NC(=O)CCCCN1CCN(Cc2cccnc2)CC1(Cc1ccccc1)C(=O)NCC(F)(F)F. The molecule has 0 radical (unpaired) electrons. The third kappa shape index (κ3) is 8.03. The van der Waals surface area contributed by atoms with Crippen molar-refractivity contribution in [1.82, 2.24) is 20.1 Å². The summed E-state index contributed by atoms with van der Waals surface area (Å²) in [5.74, 6) is -1.05. The first-order valence-corrected chi connectivity index (χ1v) is 11.7. The van der Waals surface area contributed by atoms with Gasteiger partial charge in [-0.15, -0.1) is 0 Å². The highest BCUT2D eigenvalue weighted by Gasteiger charge is 2.48. The van der Waals surface area contributed by atoms with Crippen LogP contribution in [0, 0.1) is 0 Å². The van der Waals surface area contributed by atoms with Gasteiger partial charge in [0.05, 0.1) is 0 Å². The number of nitrogens with zero attached hydrogens (tertiary/aromatic N) is 3. The molecule has 2 heterocycles. The lowest BCUT2D eigenvalue weighted by Gasteiger charge is -2.50. The van der Waals surface area contributed by atoms with E-state index in [0.717, 1.165) is 11.1 Å². The Kier molecular flexibility index (Phi) is 9.22. The maximum Gasteiger partial charge on any atom is 0.405 e. The monoisotopic (exact) mass is 491 g/mol. The topological polar surface area (TPSA) is 91.6 Å². The van der Waals surface area contributed by atoms with Gasteiger partial charge in [-0.2, -0.15) is 13.2 Å². The minimum absolute atomic E-state index is 0.229. The lowest BCUT2D eigenvalue weighted by atomic mass is 9.84. The molecule has 1 aliphatic rings. The van der Waals surface area contributed by atoms with Gasteiger partial charge in [0.2, 0.25) is 11.8 Å². The number of carbonyl (C=O) groups excluding carboxylic acids is 2. The molecule has 35 heavy (non-hydrogen) atoms. The number of nitrogens with one attached hydrogen (secondary N) is 1. The van der Waals surface area contributed by atoms with E-state index in [1.807, 2.05) is 47.4 Å². The summed E-state index contributed by atoms with van der Waals surface area (Å²) >= 11 is 0. The predicted octanol–water partition coefficient (Wildman–Crippen LogP) is 2.51. The number of rotatable bonds is 11. The first kappa shape index (κ1) is 26.6. The Morgan fingerprint density at radius 2 is 1.80 bits per heavy atom. The summed E-state index contributed by atoms with van der Waals surface area (Å²) in [6.45, 7) is 1.03. The molecule has 190 valence electrons. The van der Waals surface area contributed by atoms with Crippen molar-refractivity contribution in [1.29, 1.82) is 0 Å². The summed E-state index contributed by atoms with van der Waals surface area (Å²) in [6.07, 6.45) is 0.561. The molecule has 0 aliphatic carbocycles. The van der Waals surface area contributed by atoms with E-state index in [9.17, 15) is 22.8 Å². The fourth-order valence-corrected chi connectivity index (χ4v) is 4.58. The van der Waals surface area contributed by atoms with E-state index in [1.54, 1.807) is 12.4 Å². The number of hydrogen-bond donors (Lipinski definition) is 2. The summed E-state index contributed by atoms with van der Waals surface area (Å²) in [4.78, 5) is 32.9. The standard InChI is InChI=1S/C25H32F3N5O2/c26-25(27,28)18-31-23(35)24(15-20-7-2-1-3-8-20)19-32(17-21-9-6-11-30-16-21)13-14-33(24)12-5-4-10-22(29)34/h1-3,6-9,11,16H,4-5,10,12-15,17-19H2,(H2,29,34)(H,31,35). The molecule has 7 nitrogen and oxygen atoms in total. The Morgan fingerprint density at radius 3 is 2.46 bits per heavy atom. The highest BCUT2D eigenvalue weighted by atomic mass is 19.4. The molecule has 3 N–H and O–H groups in total. The molecule has 0 spiro atoms. The molecule has 1 fully saturated rings. The van der Waals surface area contributed by atoms with E-state index in [2.05, 4.69) is 15.2 Å². The number of aromatic nitrogens is 1. The smallest absolute Gasteiger partial charge is 0.370 e. The van der Waals surface area contributed by atoms with Crippen LogP contribution in [0.15, 0.2) is 54.9 Å². The van der Waals surface area contributed by atoms with E-state index in [4.69, 9.17) is 5.73 Å². The van der Waals surface area contributed by atoms with Gasteiger partial charge >= 0.3 is 6.18 Å². The minimum Gasteiger partial charge on any atom is -0.370 e. The second-order valence-electron chi connectivity index (χ2n) is 8.97. The largest absolute Gasteiger partial charge is 0.405 e.